The fourth-order valence-corrected chi connectivity index (χ4v) is 3.42. The lowest BCUT2D eigenvalue weighted by Gasteiger charge is -2.11. The van der Waals surface area contributed by atoms with Gasteiger partial charge in [0.2, 0.25) is 10.0 Å². The van der Waals surface area contributed by atoms with Crippen molar-refractivity contribution in [3.63, 3.8) is 0 Å². The Morgan fingerprint density at radius 1 is 1.00 bits per heavy atom. The van der Waals surface area contributed by atoms with Crippen molar-refractivity contribution in [3.8, 4) is 17.2 Å². The molecule has 0 unspecified atom stereocenters. The average molecular weight is 408 g/mol. The van der Waals surface area contributed by atoms with Crippen LogP contribution in [0, 0.1) is 0 Å². The molecule has 0 saturated carbocycles. The summed E-state index contributed by atoms with van der Waals surface area (Å²) in [7, 11) is 0.961. The van der Waals surface area contributed by atoms with E-state index in [2.05, 4.69) is 10.0 Å². The number of carbonyl (C=O) groups is 1. The van der Waals surface area contributed by atoms with Crippen molar-refractivity contribution in [1.29, 1.82) is 0 Å². The maximum atomic E-state index is 12.4. The Kier molecular flexibility index (Phi) is 7.65. The maximum Gasteiger partial charge on any atom is 0.257 e. The highest BCUT2D eigenvalue weighted by Gasteiger charge is 2.14. The predicted molar refractivity (Wildman–Crippen MR) is 104 cm³/mol. The monoisotopic (exact) mass is 408 g/mol. The van der Waals surface area contributed by atoms with Gasteiger partial charge in [-0.3, -0.25) is 4.79 Å². The number of rotatable bonds is 10. The molecule has 2 aromatic carbocycles. The van der Waals surface area contributed by atoms with Gasteiger partial charge in [-0.1, -0.05) is 6.07 Å². The fraction of sp³-hybridized carbons (Fsp3) is 0.316. The third kappa shape index (κ3) is 5.86. The molecular formula is C19H24N2O6S. The van der Waals surface area contributed by atoms with Gasteiger partial charge in [-0.2, -0.15) is 0 Å². The minimum absolute atomic E-state index is 0.118. The summed E-state index contributed by atoms with van der Waals surface area (Å²) in [6.07, 6.45) is 0.493. The summed E-state index contributed by atoms with van der Waals surface area (Å²) in [5.74, 6) is 1.35. The SMILES string of the molecule is CNC(=O)COc1ccc(S(=O)(=O)NCCc2ccc(OC)c(OC)c2)cc1. The van der Waals surface area contributed by atoms with Crippen LogP contribution in [0.25, 0.3) is 0 Å². The van der Waals surface area contributed by atoms with Crippen LogP contribution >= 0.6 is 0 Å². The molecule has 8 nitrogen and oxygen atoms in total. The number of hydrogen-bond donors (Lipinski definition) is 2. The lowest BCUT2D eigenvalue weighted by molar-refractivity contribution is -0.122. The van der Waals surface area contributed by atoms with Crippen LogP contribution < -0.4 is 24.2 Å². The third-order valence-electron chi connectivity index (χ3n) is 3.94. The second-order valence-corrected chi connectivity index (χ2v) is 7.54. The number of benzene rings is 2. The lowest BCUT2D eigenvalue weighted by Crippen LogP contribution is -2.26. The number of hydrogen-bond acceptors (Lipinski definition) is 6. The van der Waals surface area contributed by atoms with Crippen LogP contribution in [0.1, 0.15) is 5.56 Å². The van der Waals surface area contributed by atoms with Gasteiger partial charge in [-0.05, 0) is 48.4 Å². The molecule has 9 heteroatoms. The topological polar surface area (TPSA) is 103 Å². The minimum atomic E-state index is -3.65. The molecule has 2 aromatic rings. The van der Waals surface area contributed by atoms with E-state index in [9.17, 15) is 13.2 Å². The number of amides is 1. The van der Waals surface area contributed by atoms with E-state index in [0.29, 0.717) is 23.7 Å². The van der Waals surface area contributed by atoms with Crippen LogP contribution in [0.2, 0.25) is 0 Å². The van der Waals surface area contributed by atoms with Gasteiger partial charge in [-0.25, -0.2) is 13.1 Å². The van der Waals surface area contributed by atoms with Crippen molar-refractivity contribution in [3.05, 3.63) is 48.0 Å². The molecule has 0 aliphatic rings. The Hall–Kier alpha value is -2.78. The summed E-state index contributed by atoms with van der Waals surface area (Å²) in [6.45, 7) is 0.0961. The highest BCUT2D eigenvalue weighted by Crippen LogP contribution is 2.27. The Morgan fingerprint density at radius 3 is 2.29 bits per heavy atom. The maximum absolute atomic E-state index is 12.4. The molecule has 2 N–H and O–H groups in total. The zero-order valence-corrected chi connectivity index (χ0v) is 16.8. The van der Waals surface area contributed by atoms with E-state index in [4.69, 9.17) is 14.2 Å². The first kappa shape index (κ1) is 21.5. The summed E-state index contributed by atoms with van der Waals surface area (Å²) in [4.78, 5) is 11.3. The van der Waals surface area contributed by atoms with Crippen LogP contribution in [0.3, 0.4) is 0 Å². The lowest BCUT2D eigenvalue weighted by atomic mass is 10.1. The summed E-state index contributed by atoms with van der Waals surface area (Å²) in [6, 6.07) is 11.3. The first-order chi connectivity index (χ1) is 13.4. The van der Waals surface area contributed by atoms with E-state index < -0.39 is 10.0 Å². The third-order valence-corrected chi connectivity index (χ3v) is 5.41. The van der Waals surface area contributed by atoms with E-state index >= 15 is 0 Å². The number of carbonyl (C=O) groups excluding carboxylic acids is 1. The molecule has 0 saturated heterocycles. The Balaban J connectivity index is 1.93. The molecule has 28 heavy (non-hydrogen) atoms. The molecule has 0 bridgehead atoms. The molecule has 0 aliphatic heterocycles. The molecule has 0 fully saturated rings. The van der Waals surface area contributed by atoms with Gasteiger partial charge in [-0.15, -0.1) is 0 Å². The van der Waals surface area contributed by atoms with Gasteiger partial charge in [0, 0.05) is 13.6 Å². The Morgan fingerprint density at radius 2 is 1.68 bits per heavy atom. The van der Waals surface area contributed by atoms with Crippen molar-refractivity contribution in [2.75, 3.05) is 34.4 Å². The summed E-state index contributed by atoms with van der Waals surface area (Å²) < 4.78 is 43.1. The largest absolute Gasteiger partial charge is 0.493 e. The highest BCUT2D eigenvalue weighted by molar-refractivity contribution is 7.89. The van der Waals surface area contributed by atoms with Gasteiger partial charge in [0.15, 0.2) is 18.1 Å². The molecular weight excluding hydrogens is 384 g/mol. The van der Waals surface area contributed by atoms with Crippen LogP contribution in [0.15, 0.2) is 47.4 Å². The van der Waals surface area contributed by atoms with Crippen LogP contribution in [-0.2, 0) is 21.2 Å². The van der Waals surface area contributed by atoms with Crippen molar-refractivity contribution in [1.82, 2.24) is 10.0 Å². The molecule has 0 atom stereocenters. The van der Waals surface area contributed by atoms with E-state index in [-0.39, 0.29) is 24.0 Å². The van der Waals surface area contributed by atoms with E-state index in [1.54, 1.807) is 20.3 Å². The number of methoxy groups -OCH3 is 2. The highest BCUT2D eigenvalue weighted by atomic mass is 32.2. The van der Waals surface area contributed by atoms with Gasteiger partial charge >= 0.3 is 0 Å². The number of nitrogens with one attached hydrogen (secondary N) is 2. The van der Waals surface area contributed by atoms with E-state index in [1.165, 1.54) is 31.3 Å². The molecule has 0 aliphatic carbocycles. The zero-order chi connectivity index (χ0) is 20.6. The molecule has 0 radical (unpaired) electrons. The number of sulfonamides is 1. The Labute approximate surface area is 164 Å². The van der Waals surface area contributed by atoms with Crippen molar-refractivity contribution in [2.24, 2.45) is 0 Å². The molecule has 0 spiro atoms. The predicted octanol–water partition coefficient (Wildman–Crippen LogP) is 1.35. The van der Waals surface area contributed by atoms with Gasteiger partial charge in [0.25, 0.3) is 5.91 Å². The zero-order valence-electron chi connectivity index (χ0n) is 16.0. The first-order valence-corrected chi connectivity index (χ1v) is 10.0. The summed E-state index contributed by atoms with van der Waals surface area (Å²) >= 11 is 0. The van der Waals surface area contributed by atoms with Gasteiger partial charge < -0.3 is 19.5 Å². The first-order valence-electron chi connectivity index (χ1n) is 8.53. The molecule has 152 valence electrons. The number of ether oxygens (including phenoxy) is 3. The smallest absolute Gasteiger partial charge is 0.257 e. The van der Waals surface area contributed by atoms with Crippen LogP contribution in [0.5, 0.6) is 17.2 Å². The normalized spacial score (nSPS) is 11.0. The van der Waals surface area contributed by atoms with Gasteiger partial charge in [0.1, 0.15) is 5.75 Å². The van der Waals surface area contributed by atoms with Crippen LogP contribution in [0.4, 0.5) is 0 Å². The van der Waals surface area contributed by atoms with Gasteiger partial charge in [0.05, 0.1) is 19.1 Å². The van der Waals surface area contributed by atoms with E-state index in [0.717, 1.165) is 5.56 Å². The minimum Gasteiger partial charge on any atom is -0.493 e. The van der Waals surface area contributed by atoms with Crippen molar-refractivity contribution in [2.45, 2.75) is 11.3 Å². The number of likely N-dealkylation sites (N-methyl/N-ethyl adjacent to an activating group) is 1. The molecule has 2 rings (SSSR count). The molecule has 0 heterocycles. The second-order valence-electron chi connectivity index (χ2n) is 5.77. The fourth-order valence-electron chi connectivity index (χ4n) is 2.39. The summed E-state index contributed by atoms with van der Waals surface area (Å²) in [5, 5.41) is 2.44. The molecule has 1 amide bonds. The molecule has 0 aromatic heterocycles. The summed E-state index contributed by atoms with van der Waals surface area (Å²) in [5.41, 5.74) is 0.915. The van der Waals surface area contributed by atoms with E-state index in [1.807, 2.05) is 12.1 Å². The van der Waals surface area contributed by atoms with Crippen molar-refractivity contribution >= 4 is 15.9 Å². The average Bonchev–Trinajstić information content (AvgIpc) is 2.72. The van der Waals surface area contributed by atoms with Crippen LogP contribution in [-0.4, -0.2) is 48.7 Å². The quantitative estimate of drug-likeness (QED) is 0.615. The standard InChI is InChI=1S/C19H24N2O6S/c1-20-19(22)13-27-15-5-7-16(8-6-15)28(23,24)21-11-10-14-4-9-17(25-2)18(12-14)26-3/h4-9,12,21H,10-11,13H2,1-3H3,(H,20,22). The Bertz CT molecular complexity index is 897. The van der Waals surface area contributed by atoms with Crippen molar-refractivity contribution < 1.29 is 27.4 Å². The second kappa shape index (κ2) is 9.95.